The molecule has 0 unspecified atom stereocenters. The van der Waals surface area contributed by atoms with Gasteiger partial charge in [-0.1, -0.05) is 0 Å². The van der Waals surface area contributed by atoms with Gasteiger partial charge in [0.15, 0.2) is 5.69 Å². The van der Waals surface area contributed by atoms with Crippen LogP contribution in [0.15, 0.2) is 12.1 Å². The molecular formula is C22H24F3N9O3. The minimum Gasteiger partial charge on any atom is -0.463 e. The van der Waals surface area contributed by atoms with E-state index < -0.39 is 30.4 Å². The van der Waals surface area contributed by atoms with Gasteiger partial charge >= 0.3 is 12.2 Å². The first-order valence-corrected chi connectivity index (χ1v) is 11.5. The van der Waals surface area contributed by atoms with Gasteiger partial charge in [-0.25, -0.2) is 4.98 Å². The fourth-order valence-corrected chi connectivity index (χ4v) is 3.97. The van der Waals surface area contributed by atoms with Crippen LogP contribution in [-0.4, -0.2) is 64.2 Å². The van der Waals surface area contributed by atoms with E-state index in [0.29, 0.717) is 38.0 Å². The predicted octanol–water partition coefficient (Wildman–Crippen LogP) is 1.16. The summed E-state index contributed by atoms with van der Waals surface area (Å²) >= 11 is 0. The molecule has 2 amide bonds. The van der Waals surface area contributed by atoms with E-state index >= 15 is 0 Å². The van der Waals surface area contributed by atoms with Crippen LogP contribution in [0.1, 0.15) is 52.0 Å². The summed E-state index contributed by atoms with van der Waals surface area (Å²) in [5, 5.41) is 10.7. The monoisotopic (exact) mass is 519 g/mol. The third kappa shape index (κ3) is 6.51. The Labute approximate surface area is 209 Å². The average Bonchev–Trinajstić information content (AvgIpc) is 3.64. The number of nitrogens with two attached hydrogens (primary N) is 2. The number of nitrogens with zero attached hydrogens (tertiary/aromatic N) is 6. The maximum atomic E-state index is 12.6. The van der Waals surface area contributed by atoms with Crippen molar-refractivity contribution in [3.8, 4) is 12.1 Å². The molecule has 1 saturated carbocycles. The Bertz CT molecular complexity index is 1230. The number of nitrogens with one attached hydrogen (secondary N) is 1. The van der Waals surface area contributed by atoms with Crippen LogP contribution in [0.5, 0.6) is 6.01 Å². The van der Waals surface area contributed by atoms with E-state index in [4.69, 9.17) is 21.5 Å². The lowest BCUT2D eigenvalue weighted by Crippen LogP contribution is -2.37. The third-order valence-corrected chi connectivity index (χ3v) is 6.15. The minimum absolute atomic E-state index is 0.00108. The number of primary amides is 1. The summed E-state index contributed by atoms with van der Waals surface area (Å²) in [5.41, 5.74) is 11.9. The number of rotatable bonds is 8. The molecule has 12 nitrogen and oxygen atoms in total. The third-order valence-electron chi connectivity index (χ3n) is 6.15. The van der Waals surface area contributed by atoms with E-state index in [0.717, 1.165) is 0 Å². The van der Waals surface area contributed by atoms with Gasteiger partial charge in [-0.15, -0.1) is 0 Å². The maximum Gasteiger partial charge on any atom is 0.405 e. The Hall–Kier alpha value is -4.22. The molecule has 1 aliphatic heterocycles. The number of piperidine rings is 1. The molecule has 0 aromatic carbocycles. The summed E-state index contributed by atoms with van der Waals surface area (Å²) in [6.07, 6.45) is -2.77. The summed E-state index contributed by atoms with van der Waals surface area (Å²) in [6, 6.07) is 5.23. The predicted molar refractivity (Wildman–Crippen MR) is 122 cm³/mol. The Morgan fingerprint density at radius 3 is 2.54 bits per heavy atom. The topological polar surface area (TPSA) is 186 Å². The van der Waals surface area contributed by atoms with Crippen molar-refractivity contribution in [3.05, 3.63) is 29.3 Å². The van der Waals surface area contributed by atoms with Crippen LogP contribution in [0.3, 0.4) is 0 Å². The molecule has 2 aliphatic rings. The summed E-state index contributed by atoms with van der Waals surface area (Å²) in [4.78, 5) is 42.2. The summed E-state index contributed by atoms with van der Waals surface area (Å²) in [6.45, 7) is -0.551. The molecule has 15 heteroatoms. The first-order valence-electron chi connectivity index (χ1n) is 11.5. The Balaban J connectivity index is 1.49. The molecule has 2 atom stereocenters. The number of ether oxygens (including phenoxy) is 1. The Morgan fingerprint density at radius 1 is 1.19 bits per heavy atom. The zero-order chi connectivity index (χ0) is 26.7. The minimum atomic E-state index is -4.60. The SMILES string of the molecule is N#C[C@@H]1C[C@@H]1COc1nc(C(=O)NCC(F)(F)F)nc(N2CCC(c3ccc(N)c(C(N)=O)n3)CC2)n1. The average molecular weight is 519 g/mol. The van der Waals surface area contributed by atoms with Crippen LogP contribution in [-0.2, 0) is 0 Å². The number of halogens is 3. The van der Waals surface area contributed by atoms with Gasteiger partial charge in [-0.3, -0.25) is 9.59 Å². The summed E-state index contributed by atoms with van der Waals surface area (Å²) < 4.78 is 43.3. The van der Waals surface area contributed by atoms with Crippen molar-refractivity contribution in [1.82, 2.24) is 25.3 Å². The highest BCUT2D eigenvalue weighted by Gasteiger charge is 2.38. The number of nitriles is 1. The zero-order valence-electron chi connectivity index (χ0n) is 19.5. The maximum absolute atomic E-state index is 12.6. The molecule has 1 saturated heterocycles. The molecule has 196 valence electrons. The van der Waals surface area contributed by atoms with E-state index in [1.165, 1.54) is 0 Å². The number of amides is 2. The number of carbonyl (C=O) groups excluding carboxylic acids is 2. The molecule has 2 aromatic heterocycles. The highest BCUT2D eigenvalue weighted by Crippen LogP contribution is 2.37. The second kappa shape index (κ2) is 10.4. The number of anilines is 2. The van der Waals surface area contributed by atoms with Crippen LogP contribution >= 0.6 is 0 Å². The molecule has 0 spiro atoms. The second-order valence-corrected chi connectivity index (χ2v) is 8.88. The first kappa shape index (κ1) is 25.9. The lowest BCUT2D eigenvalue weighted by molar-refractivity contribution is -0.123. The van der Waals surface area contributed by atoms with Gasteiger partial charge < -0.3 is 26.4 Å². The van der Waals surface area contributed by atoms with E-state index in [-0.39, 0.29) is 47.7 Å². The van der Waals surface area contributed by atoms with Crippen molar-refractivity contribution in [1.29, 1.82) is 5.26 Å². The summed E-state index contributed by atoms with van der Waals surface area (Å²) in [5.74, 6) is -2.42. The lowest BCUT2D eigenvalue weighted by Gasteiger charge is -2.32. The molecule has 3 heterocycles. The number of nitrogen functional groups attached to an aromatic ring is 1. The second-order valence-electron chi connectivity index (χ2n) is 8.88. The normalized spacial score (nSPS) is 19.7. The first-order chi connectivity index (χ1) is 17.5. The van der Waals surface area contributed by atoms with Gasteiger partial charge in [0.05, 0.1) is 24.3 Å². The van der Waals surface area contributed by atoms with Crippen molar-refractivity contribution in [2.24, 2.45) is 17.6 Å². The Morgan fingerprint density at radius 2 is 1.92 bits per heavy atom. The molecule has 0 radical (unpaired) electrons. The van der Waals surface area contributed by atoms with Crippen molar-refractivity contribution in [3.63, 3.8) is 0 Å². The summed E-state index contributed by atoms with van der Waals surface area (Å²) in [7, 11) is 0. The van der Waals surface area contributed by atoms with Crippen LogP contribution in [0, 0.1) is 23.2 Å². The van der Waals surface area contributed by atoms with Crippen molar-refractivity contribution >= 4 is 23.5 Å². The number of pyridine rings is 1. The fourth-order valence-electron chi connectivity index (χ4n) is 3.97. The van der Waals surface area contributed by atoms with Crippen LogP contribution < -0.4 is 26.4 Å². The van der Waals surface area contributed by atoms with Crippen molar-refractivity contribution < 1.29 is 27.5 Å². The molecule has 5 N–H and O–H groups in total. The molecular weight excluding hydrogens is 495 g/mol. The Kier molecular flexibility index (Phi) is 7.28. The number of hydrogen-bond donors (Lipinski definition) is 3. The largest absolute Gasteiger partial charge is 0.463 e. The van der Waals surface area contributed by atoms with E-state index in [2.05, 4.69) is 26.0 Å². The quantitative estimate of drug-likeness (QED) is 0.457. The van der Waals surface area contributed by atoms with Crippen LogP contribution in [0.25, 0.3) is 0 Å². The highest BCUT2D eigenvalue weighted by atomic mass is 19.4. The standard InChI is InChI=1S/C22H24F3N9O3/c23-22(24,25)10-29-19(36)18-31-20(33-21(32-18)37-9-13-7-12(13)8-26)34-5-3-11(4-6-34)15-2-1-14(27)16(30-15)17(28)35/h1-2,11-13H,3-7,9-10,27H2,(H2,28,35)(H,29,36)/t12-,13+/m0/s1. The van der Waals surface area contributed by atoms with E-state index in [1.807, 2.05) is 0 Å². The van der Waals surface area contributed by atoms with E-state index in [1.54, 1.807) is 22.3 Å². The van der Waals surface area contributed by atoms with Gasteiger partial charge in [0, 0.05) is 30.6 Å². The number of hydrogen-bond acceptors (Lipinski definition) is 10. The van der Waals surface area contributed by atoms with Gasteiger partial charge in [-0.05, 0) is 31.4 Å². The lowest BCUT2D eigenvalue weighted by atomic mass is 9.93. The smallest absolute Gasteiger partial charge is 0.405 e. The van der Waals surface area contributed by atoms with Crippen LogP contribution in [0.4, 0.5) is 24.8 Å². The van der Waals surface area contributed by atoms with Gasteiger partial charge in [0.1, 0.15) is 6.54 Å². The number of carbonyl (C=O) groups is 2. The zero-order valence-corrected chi connectivity index (χ0v) is 19.5. The molecule has 4 rings (SSSR count). The molecule has 2 fully saturated rings. The van der Waals surface area contributed by atoms with Crippen molar-refractivity contribution in [2.75, 3.05) is 36.9 Å². The fraction of sp³-hybridized carbons (Fsp3) is 0.500. The van der Waals surface area contributed by atoms with Crippen molar-refractivity contribution in [2.45, 2.75) is 31.4 Å². The highest BCUT2D eigenvalue weighted by molar-refractivity contribution is 5.95. The van der Waals surface area contributed by atoms with Crippen LogP contribution in [0.2, 0.25) is 0 Å². The van der Waals surface area contributed by atoms with E-state index in [9.17, 15) is 22.8 Å². The molecule has 0 bridgehead atoms. The number of alkyl halides is 3. The number of aromatic nitrogens is 4. The molecule has 37 heavy (non-hydrogen) atoms. The van der Waals surface area contributed by atoms with Gasteiger partial charge in [0.25, 0.3) is 11.8 Å². The van der Waals surface area contributed by atoms with Gasteiger partial charge in [-0.2, -0.15) is 33.4 Å². The van der Waals surface area contributed by atoms with Gasteiger partial charge in [0.2, 0.25) is 11.8 Å². The molecule has 1 aliphatic carbocycles. The molecule has 2 aromatic rings.